The van der Waals surface area contributed by atoms with Gasteiger partial charge in [-0.3, -0.25) is 9.40 Å². The van der Waals surface area contributed by atoms with Crippen LogP contribution in [0.4, 0.5) is 14.5 Å². The molecule has 0 aliphatic rings. The van der Waals surface area contributed by atoms with Gasteiger partial charge in [0.05, 0.1) is 11.9 Å². The number of anilines is 1. The first-order valence-electron chi connectivity index (χ1n) is 5.97. The minimum absolute atomic E-state index is 0.163. The Morgan fingerprint density at radius 3 is 2.62 bits per heavy atom. The lowest BCUT2D eigenvalue weighted by Gasteiger charge is -2.10. The Kier molecular flexibility index (Phi) is 4.24. The number of hydrogen-bond acceptors (Lipinski definition) is 4. The first-order chi connectivity index (χ1) is 9.83. The van der Waals surface area contributed by atoms with Gasteiger partial charge in [0.15, 0.2) is 11.6 Å². The molecule has 0 unspecified atom stereocenters. The molecule has 2 N–H and O–H groups in total. The molecular weight excluding hydrogens is 302 g/mol. The third-order valence-electron chi connectivity index (χ3n) is 2.68. The normalized spacial score (nSPS) is 11.6. The van der Waals surface area contributed by atoms with E-state index in [0.717, 1.165) is 12.1 Å². The predicted molar refractivity (Wildman–Crippen MR) is 73.1 cm³/mol. The molecule has 1 aromatic heterocycles. The van der Waals surface area contributed by atoms with Gasteiger partial charge in [-0.2, -0.15) is 5.10 Å². The number of benzene rings is 1. The van der Waals surface area contributed by atoms with E-state index < -0.39 is 26.6 Å². The van der Waals surface area contributed by atoms with Gasteiger partial charge in [-0.05, 0) is 24.7 Å². The van der Waals surface area contributed by atoms with Crippen molar-refractivity contribution in [3.05, 3.63) is 41.7 Å². The summed E-state index contributed by atoms with van der Waals surface area (Å²) in [6, 6.07) is 2.04. The van der Waals surface area contributed by atoms with Crippen molar-refractivity contribution in [1.82, 2.24) is 15.1 Å². The zero-order valence-electron chi connectivity index (χ0n) is 11.4. The van der Waals surface area contributed by atoms with E-state index in [4.69, 9.17) is 0 Å². The van der Waals surface area contributed by atoms with Crippen LogP contribution in [0.1, 0.15) is 5.56 Å². The molecule has 114 valence electrons. The number of halogens is 2. The van der Waals surface area contributed by atoms with Gasteiger partial charge in [-0.25, -0.2) is 17.2 Å². The first-order valence-corrected chi connectivity index (χ1v) is 7.46. The Morgan fingerprint density at radius 1 is 1.33 bits per heavy atom. The van der Waals surface area contributed by atoms with Crippen molar-refractivity contribution in [2.75, 3.05) is 11.8 Å². The van der Waals surface area contributed by atoms with Crippen molar-refractivity contribution >= 4 is 15.7 Å². The summed E-state index contributed by atoms with van der Waals surface area (Å²) in [5.41, 5.74) is 0.485. The van der Waals surface area contributed by atoms with E-state index in [1.807, 2.05) is 0 Å². The molecule has 1 aromatic carbocycles. The van der Waals surface area contributed by atoms with Crippen LogP contribution in [0.25, 0.3) is 0 Å². The molecule has 0 aliphatic carbocycles. The van der Waals surface area contributed by atoms with E-state index in [1.54, 1.807) is 14.1 Å². The van der Waals surface area contributed by atoms with Crippen LogP contribution in [0.2, 0.25) is 0 Å². The van der Waals surface area contributed by atoms with Gasteiger partial charge in [-0.1, -0.05) is 0 Å². The van der Waals surface area contributed by atoms with Crippen LogP contribution in [0.15, 0.2) is 29.4 Å². The molecule has 0 radical (unpaired) electrons. The molecule has 0 saturated carbocycles. The van der Waals surface area contributed by atoms with Crippen LogP contribution >= 0.6 is 0 Å². The summed E-state index contributed by atoms with van der Waals surface area (Å²) in [6.07, 6.45) is 2.67. The Balaban J connectivity index is 2.43. The number of nitrogens with one attached hydrogen (secondary N) is 2. The van der Waals surface area contributed by atoms with Crippen molar-refractivity contribution in [3.8, 4) is 0 Å². The Bertz CT molecular complexity index is 759. The van der Waals surface area contributed by atoms with Crippen molar-refractivity contribution in [2.45, 2.75) is 11.4 Å². The second-order valence-corrected chi connectivity index (χ2v) is 6.08. The minimum atomic E-state index is -4.24. The molecule has 0 aliphatic heterocycles. The smallest absolute Gasteiger partial charge is 0.265 e. The molecule has 6 nitrogen and oxygen atoms in total. The second kappa shape index (κ2) is 5.78. The third kappa shape index (κ3) is 3.37. The SMILES string of the molecule is CNCc1cc(F)c(F)c(S(=O)(=O)Nc2cnn(C)c2)c1. The van der Waals surface area contributed by atoms with Crippen LogP contribution < -0.4 is 10.0 Å². The van der Waals surface area contributed by atoms with Crippen molar-refractivity contribution < 1.29 is 17.2 Å². The van der Waals surface area contributed by atoms with Gasteiger partial charge in [0.1, 0.15) is 4.90 Å². The maximum Gasteiger partial charge on any atom is 0.265 e. The van der Waals surface area contributed by atoms with Gasteiger partial charge < -0.3 is 5.32 Å². The molecule has 2 aromatic rings. The number of aromatic nitrogens is 2. The fraction of sp³-hybridized carbons (Fsp3) is 0.250. The summed E-state index contributed by atoms with van der Waals surface area (Å²) >= 11 is 0. The molecule has 0 atom stereocenters. The largest absolute Gasteiger partial charge is 0.316 e. The van der Waals surface area contributed by atoms with Crippen molar-refractivity contribution in [3.63, 3.8) is 0 Å². The van der Waals surface area contributed by atoms with Gasteiger partial charge in [0.2, 0.25) is 0 Å². The Hall–Kier alpha value is -2.00. The number of nitrogens with zero attached hydrogens (tertiary/aromatic N) is 2. The summed E-state index contributed by atoms with van der Waals surface area (Å²) in [7, 11) is -1.02. The number of sulfonamides is 1. The summed E-state index contributed by atoms with van der Waals surface area (Å²) in [5, 5.41) is 6.54. The van der Waals surface area contributed by atoms with Gasteiger partial charge in [0, 0.05) is 19.8 Å². The van der Waals surface area contributed by atoms with Crippen LogP contribution in [0.5, 0.6) is 0 Å². The van der Waals surface area contributed by atoms with Gasteiger partial charge in [-0.15, -0.1) is 0 Å². The van der Waals surface area contributed by atoms with Crippen molar-refractivity contribution in [1.29, 1.82) is 0 Å². The van der Waals surface area contributed by atoms with Crippen LogP contribution in [-0.2, 0) is 23.6 Å². The quantitative estimate of drug-likeness (QED) is 0.869. The molecule has 0 spiro atoms. The average Bonchev–Trinajstić information content (AvgIpc) is 2.78. The zero-order valence-corrected chi connectivity index (χ0v) is 12.2. The summed E-state index contributed by atoms with van der Waals surface area (Å²) in [5.74, 6) is -2.62. The molecule has 9 heteroatoms. The molecule has 0 fully saturated rings. The van der Waals surface area contributed by atoms with E-state index in [1.165, 1.54) is 17.1 Å². The van der Waals surface area contributed by atoms with E-state index in [2.05, 4.69) is 15.1 Å². The highest BCUT2D eigenvalue weighted by atomic mass is 32.2. The molecule has 21 heavy (non-hydrogen) atoms. The first kappa shape index (κ1) is 15.4. The number of aryl methyl sites for hydroxylation is 1. The van der Waals surface area contributed by atoms with Gasteiger partial charge in [0.25, 0.3) is 10.0 Å². The minimum Gasteiger partial charge on any atom is -0.316 e. The Labute approximate surface area is 120 Å². The molecule has 2 rings (SSSR count). The third-order valence-corrected chi connectivity index (χ3v) is 4.06. The standard InChI is InChI=1S/C12H14F2N4O2S/c1-15-5-8-3-10(13)12(14)11(4-8)21(19,20)17-9-6-16-18(2)7-9/h3-4,6-7,15,17H,5H2,1-2H3. The molecule has 0 amide bonds. The highest BCUT2D eigenvalue weighted by molar-refractivity contribution is 7.92. The van der Waals surface area contributed by atoms with E-state index >= 15 is 0 Å². The van der Waals surface area contributed by atoms with Crippen LogP contribution in [0, 0.1) is 11.6 Å². The average molecular weight is 316 g/mol. The van der Waals surface area contributed by atoms with E-state index in [9.17, 15) is 17.2 Å². The summed E-state index contributed by atoms with van der Waals surface area (Å²) in [6.45, 7) is 0.215. The summed E-state index contributed by atoms with van der Waals surface area (Å²) < 4.78 is 55.2. The lowest BCUT2D eigenvalue weighted by Crippen LogP contribution is -2.16. The lowest BCUT2D eigenvalue weighted by atomic mass is 10.2. The fourth-order valence-corrected chi connectivity index (χ4v) is 2.97. The van der Waals surface area contributed by atoms with Gasteiger partial charge >= 0.3 is 0 Å². The molecular formula is C12H14F2N4O2S. The van der Waals surface area contributed by atoms with Crippen LogP contribution in [0.3, 0.4) is 0 Å². The zero-order chi connectivity index (χ0) is 15.6. The monoisotopic (exact) mass is 316 g/mol. The molecule has 0 bridgehead atoms. The highest BCUT2D eigenvalue weighted by Crippen LogP contribution is 2.22. The topological polar surface area (TPSA) is 76.0 Å². The maximum absolute atomic E-state index is 13.8. The molecule has 1 heterocycles. The lowest BCUT2D eigenvalue weighted by molar-refractivity contribution is 0.483. The number of rotatable bonds is 5. The fourth-order valence-electron chi connectivity index (χ4n) is 1.80. The predicted octanol–water partition coefficient (Wildman–Crippen LogP) is 1.22. The second-order valence-electron chi connectivity index (χ2n) is 4.43. The summed E-state index contributed by atoms with van der Waals surface area (Å²) in [4.78, 5) is -0.739. The van der Waals surface area contributed by atoms with Crippen molar-refractivity contribution in [2.24, 2.45) is 7.05 Å². The van der Waals surface area contributed by atoms with E-state index in [-0.39, 0.29) is 12.2 Å². The Morgan fingerprint density at radius 2 is 2.05 bits per heavy atom. The van der Waals surface area contributed by atoms with Crippen LogP contribution in [-0.4, -0.2) is 25.2 Å². The maximum atomic E-state index is 13.8. The van der Waals surface area contributed by atoms with E-state index in [0.29, 0.717) is 5.56 Å². The molecule has 0 saturated heterocycles. The highest BCUT2D eigenvalue weighted by Gasteiger charge is 2.23. The number of hydrogen-bond donors (Lipinski definition) is 2.